The van der Waals surface area contributed by atoms with E-state index in [4.69, 9.17) is 0 Å². The van der Waals surface area contributed by atoms with Gasteiger partial charge in [0.1, 0.15) is 0 Å². The van der Waals surface area contributed by atoms with Crippen LogP contribution in [0, 0.1) is 41.4 Å². The first-order chi connectivity index (χ1) is 20.3. The number of halogens is 2. The number of fused-ring (bicyclic) bond motifs is 1. The van der Waals surface area contributed by atoms with Crippen molar-refractivity contribution in [3.63, 3.8) is 0 Å². The van der Waals surface area contributed by atoms with E-state index >= 15 is 0 Å². The van der Waals surface area contributed by atoms with Crippen LogP contribution in [-0.2, 0) is 19.2 Å². The molecule has 4 amide bonds. The van der Waals surface area contributed by atoms with E-state index in [1.165, 1.54) is 9.80 Å². The lowest BCUT2D eigenvalue weighted by atomic mass is 9.49. The smallest absolute Gasteiger partial charge is 0.238 e. The van der Waals surface area contributed by atoms with Gasteiger partial charge in [-0.25, -0.2) is 0 Å². The normalized spacial score (nSPS) is 31.1. The molecule has 2 aliphatic heterocycles. The van der Waals surface area contributed by atoms with Gasteiger partial charge in [-0.2, -0.15) is 0 Å². The minimum atomic E-state index is -0.591. The summed E-state index contributed by atoms with van der Waals surface area (Å²) in [7, 11) is 0. The summed E-state index contributed by atoms with van der Waals surface area (Å²) >= 11 is 6.88. The summed E-state index contributed by atoms with van der Waals surface area (Å²) in [5.74, 6) is -4.10. The molecule has 208 valence electrons. The van der Waals surface area contributed by atoms with E-state index in [0.717, 1.165) is 25.7 Å². The summed E-state index contributed by atoms with van der Waals surface area (Å²) < 4.78 is 1.72. The predicted octanol–water partition coefficient (Wildman–Crippen LogP) is 6.41. The van der Waals surface area contributed by atoms with Crippen LogP contribution < -0.4 is 9.80 Å². The molecule has 0 radical (unpaired) electrons. The molecular formula is C34H24Br2N2O4. The van der Waals surface area contributed by atoms with Gasteiger partial charge in [0.2, 0.25) is 23.6 Å². The molecule has 6 aliphatic rings. The van der Waals surface area contributed by atoms with E-state index in [0.29, 0.717) is 17.8 Å². The molecule has 2 saturated heterocycles. The molecular weight excluding hydrogens is 660 g/mol. The van der Waals surface area contributed by atoms with Gasteiger partial charge in [0.15, 0.2) is 0 Å². The Morgan fingerprint density at radius 2 is 1.12 bits per heavy atom. The number of rotatable bonds is 3. The Balaban J connectivity index is 1.28. The molecule has 4 aliphatic carbocycles. The van der Waals surface area contributed by atoms with Crippen molar-refractivity contribution in [2.75, 3.05) is 9.80 Å². The third kappa shape index (κ3) is 3.54. The van der Waals surface area contributed by atoms with Gasteiger partial charge in [-0.05, 0) is 72.0 Å². The zero-order chi connectivity index (χ0) is 28.9. The molecule has 0 aromatic heterocycles. The van der Waals surface area contributed by atoms with Crippen LogP contribution in [0.5, 0.6) is 0 Å². The Morgan fingerprint density at radius 3 is 1.74 bits per heavy atom. The molecule has 3 aromatic rings. The lowest BCUT2D eigenvalue weighted by Gasteiger charge is -2.51. The van der Waals surface area contributed by atoms with Crippen LogP contribution in [-0.4, -0.2) is 23.6 Å². The standard InChI is InChI=1S/C34H24Br2N2O4/c35-18-6-10-20(11-7-18)37-31(39)25-16-24(17-4-2-1-3-5-17)26-22-14-15-23(27(26)30(25)34(37)42)29-28(22)32(40)38(33(29)41)21-12-8-19(36)9-13-21/h1-15,22-23,25,27-30H,16H2/t22-,23-,25-,27+,28-,29-,30+/m1/s1. The number of carbonyl (C=O) groups is 4. The van der Waals surface area contributed by atoms with Crippen molar-refractivity contribution in [3.05, 3.63) is 111 Å². The number of hydrogen-bond acceptors (Lipinski definition) is 4. The quantitative estimate of drug-likeness (QED) is 0.236. The third-order valence-corrected chi connectivity index (χ3v) is 10.9. The summed E-state index contributed by atoms with van der Waals surface area (Å²) in [6.07, 6.45) is 4.54. The summed E-state index contributed by atoms with van der Waals surface area (Å²) in [5, 5.41) is 0. The molecule has 6 nitrogen and oxygen atoms in total. The Kier molecular flexibility index (Phi) is 5.86. The Labute approximate surface area is 259 Å². The van der Waals surface area contributed by atoms with Crippen LogP contribution in [0.4, 0.5) is 11.4 Å². The van der Waals surface area contributed by atoms with E-state index in [-0.39, 0.29) is 41.4 Å². The average molecular weight is 684 g/mol. The maximum Gasteiger partial charge on any atom is 0.238 e. The van der Waals surface area contributed by atoms with Crippen molar-refractivity contribution in [1.29, 1.82) is 0 Å². The molecule has 3 aromatic carbocycles. The number of hydrogen-bond donors (Lipinski definition) is 0. The number of allylic oxidation sites excluding steroid dienone is 4. The van der Waals surface area contributed by atoms with Crippen LogP contribution in [0.2, 0.25) is 0 Å². The van der Waals surface area contributed by atoms with E-state index in [9.17, 15) is 19.2 Å². The fourth-order valence-electron chi connectivity index (χ4n) is 8.21. The molecule has 0 unspecified atom stereocenters. The maximum absolute atomic E-state index is 14.2. The molecule has 42 heavy (non-hydrogen) atoms. The van der Waals surface area contributed by atoms with Crippen LogP contribution in [0.25, 0.3) is 5.57 Å². The lowest BCUT2D eigenvalue weighted by molar-refractivity contribution is -0.129. The number of carbonyl (C=O) groups excluding carboxylic acids is 4. The van der Waals surface area contributed by atoms with Crippen molar-refractivity contribution in [2.24, 2.45) is 41.4 Å². The Hall–Kier alpha value is -3.62. The highest BCUT2D eigenvalue weighted by Crippen LogP contribution is 2.63. The van der Waals surface area contributed by atoms with E-state index in [1.54, 1.807) is 24.3 Å². The number of imide groups is 2. The molecule has 2 heterocycles. The first-order valence-corrected chi connectivity index (χ1v) is 15.7. The van der Waals surface area contributed by atoms with Gasteiger partial charge in [0.25, 0.3) is 0 Å². The van der Waals surface area contributed by atoms with Gasteiger partial charge in [0, 0.05) is 20.8 Å². The molecule has 0 spiro atoms. The number of amides is 4. The molecule has 7 atom stereocenters. The first kappa shape index (κ1) is 26.0. The second kappa shape index (κ2) is 9.44. The highest BCUT2D eigenvalue weighted by atomic mass is 79.9. The predicted molar refractivity (Wildman–Crippen MR) is 165 cm³/mol. The van der Waals surface area contributed by atoms with Crippen LogP contribution >= 0.6 is 31.9 Å². The number of nitrogens with zero attached hydrogens (tertiary/aromatic N) is 2. The van der Waals surface area contributed by atoms with Crippen molar-refractivity contribution in [1.82, 2.24) is 0 Å². The van der Waals surface area contributed by atoms with Crippen molar-refractivity contribution >= 4 is 72.4 Å². The lowest BCUT2D eigenvalue weighted by Crippen LogP contribution is -2.51. The highest BCUT2D eigenvalue weighted by molar-refractivity contribution is 9.10. The summed E-state index contributed by atoms with van der Waals surface area (Å²) in [4.78, 5) is 59.1. The molecule has 8 heteroatoms. The minimum absolute atomic E-state index is 0.197. The largest absolute Gasteiger partial charge is 0.274 e. The summed E-state index contributed by atoms with van der Waals surface area (Å²) in [6.45, 7) is 0. The highest BCUT2D eigenvalue weighted by Gasteiger charge is 2.67. The molecule has 0 N–H and O–H groups in total. The SMILES string of the molecule is O=C1[C@@H]2[C@@H]3C=C[C@H](C4=C(c5ccccc5)C[C@H]5C(=O)N(c6ccc(Br)cc6)C(=O)[C@@H]5[C@H]43)[C@H]2C(=O)N1c1ccc(Br)cc1. The van der Waals surface area contributed by atoms with Gasteiger partial charge in [-0.1, -0.05) is 79.9 Å². The number of anilines is 2. The third-order valence-electron chi connectivity index (χ3n) is 9.80. The van der Waals surface area contributed by atoms with Gasteiger partial charge in [-0.15, -0.1) is 0 Å². The fourth-order valence-corrected chi connectivity index (χ4v) is 8.73. The molecule has 9 rings (SSSR count). The maximum atomic E-state index is 14.2. The minimum Gasteiger partial charge on any atom is -0.274 e. The summed E-state index contributed by atoms with van der Waals surface area (Å²) in [5.41, 5.74) is 4.17. The van der Waals surface area contributed by atoms with E-state index in [1.807, 2.05) is 60.7 Å². The van der Waals surface area contributed by atoms with E-state index < -0.39 is 23.7 Å². The monoisotopic (exact) mass is 682 g/mol. The van der Waals surface area contributed by atoms with E-state index in [2.05, 4.69) is 37.9 Å². The van der Waals surface area contributed by atoms with Crippen molar-refractivity contribution in [2.45, 2.75) is 6.42 Å². The topological polar surface area (TPSA) is 74.8 Å². The van der Waals surface area contributed by atoms with Gasteiger partial charge in [0.05, 0.1) is 35.0 Å². The fraction of sp³-hybridized carbons (Fsp3) is 0.235. The molecule has 3 fully saturated rings. The number of benzene rings is 3. The zero-order valence-electron chi connectivity index (χ0n) is 22.2. The van der Waals surface area contributed by atoms with Crippen molar-refractivity contribution in [3.8, 4) is 0 Å². The van der Waals surface area contributed by atoms with Gasteiger partial charge >= 0.3 is 0 Å². The second-order valence-electron chi connectivity index (χ2n) is 11.7. The molecule has 1 saturated carbocycles. The molecule has 2 bridgehead atoms. The van der Waals surface area contributed by atoms with Gasteiger partial charge in [-0.3, -0.25) is 29.0 Å². The van der Waals surface area contributed by atoms with Crippen molar-refractivity contribution < 1.29 is 19.2 Å². The second-order valence-corrected chi connectivity index (χ2v) is 13.5. The first-order valence-electron chi connectivity index (χ1n) is 14.1. The zero-order valence-corrected chi connectivity index (χ0v) is 25.4. The van der Waals surface area contributed by atoms with Crippen LogP contribution in [0.3, 0.4) is 0 Å². The van der Waals surface area contributed by atoms with Crippen LogP contribution in [0.1, 0.15) is 12.0 Å². The van der Waals surface area contributed by atoms with Gasteiger partial charge < -0.3 is 0 Å². The Bertz CT molecular complexity index is 1750. The van der Waals surface area contributed by atoms with Crippen LogP contribution in [0.15, 0.2) is 106 Å². The Morgan fingerprint density at radius 1 is 0.571 bits per heavy atom. The average Bonchev–Trinajstić information content (AvgIpc) is 3.43. The summed E-state index contributed by atoms with van der Waals surface area (Å²) in [6, 6.07) is 24.4.